The Morgan fingerprint density at radius 2 is 1.70 bits per heavy atom. The smallest absolute Gasteiger partial charge is 0.242 e. The second kappa shape index (κ2) is 10.7. The largest absolute Gasteiger partial charge is 0.497 e. The highest BCUT2D eigenvalue weighted by molar-refractivity contribution is 8.00. The van der Waals surface area contributed by atoms with Gasteiger partial charge < -0.3 is 15.0 Å². The molecule has 0 spiro atoms. The van der Waals surface area contributed by atoms with E-state index in [0.717, 1.165) is 16.2 Å². The van der Waals surface area contributed by atoms with Crippen LogP contribution in [0.5, 0.6) is 5.75 Å². The van der Waals surface area contributed by atoms with Gasteiger partial charge in [-0.15, -0.1) is 11.8 Å². The summed E-state index contributed by atoms with van der Waals surface area (Å²) in [5, 5.41) is 3.62. The highest BCUT2D eigenvalue weighted by atomic mass is 35.5. The minimum atomic E-state index is -0.607. The highest BCUT2D eigenvalue weighted by Crippen LogP contribution is 2.22. The van der Waals surface area contributed by atoms with E-state index in [1.807, 2.05) is 57.2 Å². The molecule has 30 heavy (non-hydrogen) atoms. The van der Waals surface area contributed by atoms with Gasteiger partial charge >= 0.3 is 0 Å². The summed E-state index contributed by atoms with van der Waals surface area (Å²) in [5.74, 6) is 0.682. The maximum Gasteiger partial charge on any atom is 0.242 e. The average molecular weight is 449 g/mol. The normalized spacial score (nSPS) is 12.2. The van der Waals surface area contributed by atoms with Crippen molar-refractivity contribution in [2.75, 3.05) is 12.9 Å². The van der Waals surface area contributed by atoms with E-state index >= 15 is 0 Å². The van der Waals surface area contributed by atoms with Crippen molar-refractivity contribution in [2.45, 2.75) is 50.7 Å². The van der Waals surface area contributed by atoms with E-state index in [4.69, 9.17) is 16.3 Å². The molecule has 2 rings (SSSR count). The molecular weight excluding hydrogens is 420 g/mol. The standard InChI is InChI=1S/C23H29ClN2O3S/c1-16(22(28)25-23(2,3)4)26(14-17-6-10-19(29-5)11-7-17)21(27)15-30-20-12-8-18(24)9-13-20/h6-13,16H,14-15H2,1-5H3,(H,25,28)/t16-/m1/s1. The summed E-state index contributed by atoms with van der Waals surface area (Å²) >= 11 is 7.35. The molecule has 2 aromatic rings. The molecule has 0 radical (unpaired) electrons. The number of halogens is 1. The first-order chi connectivity index (χ1) is 14.1. The van der Waals surface area contributed by atoms with Crippen molar-refractivity contribution in [2.24, 2.45) is 0 Å². The van der Waals surface area contributed by atoms with Crippen LogP contribution in [-0.2, 0) is 16.1 Å². The minimum Gasteiger partial charge on any atom is -0.497 e. The van der Waals surface area contributed by atoms with Crippen molar-refractivity contribution in [3.05, 3.63) is 59.1 Å². The van der Waals surface area contributed by atoms with Crippen molar-refractivity contribution in [1.29, 1.82) is 0 Å². The molecule has 0 bridgehead atoms. The van der Waals surface area contributed by atoms with Gasteiger partial charge in [0.25, 0.3) is 0 Å². The molecule has 2 amide bonds. The Hall–Kier alpha value is -2.18. The Morgan fingerprint density at radius 3 is 2.23 bits per heavy atom. The lowest BCUT2D eigenvalue weighted by atomic mass is 10.1. The zero-order valence-corrected chi connectivity index (χ0v) is 19.6. The van der Waals surface area contributed by atoms with Gasteiger partial charge in [-0.1, -0.05) is 23.7 Å². The second-order valence-corrected chi connectivity index (χ2v) is 9.51. The fourth-order valence-corrected chi connectivity index (χ4v) is 3.65. The van der Waals surface area contributed by atoms with Crippen LogP contribution in [0.4, 0.5) is 0 Å². The summed E-state index contributed by atoms with van der Waals surface area (Å²) in [4.78, 5) is 28.4. The van der Waals surface area contributed by atoms with Crippen LogP contribution in [0, 0.1) is 0 Å². The van der Waals surface area contributed by atoms with Gasteiger partial charge in [0.05, 0.1) is 12.9 Å². The summed E-state index contributed by atoms with van der Waals surface area (Å²) < 4.78 is 5.20. The number of benzene rings is 2. The number of rotatable bonds is 8. The Morgan fingerprint density at radius 1 is 1.10 bits per heavy atom. The summed E-state index contributed by atoms with van der Waals surface area (Å²) in [6.07, 6.45) is 0. The summed E-state index contributed by atoms with van der Waals surface area (Å²) in [7, 11) is 1.61. The first kappa shape index (κ1) is 24.1. The molecule has 0 aliphatic heterocycles. The van der Waals surface area contributed by atoms with Gasteiger partial charge in [-0.3, -0.25) is 9.59 Å². The third kappa shape index (κ3) is 7.58. The lowest BCUT2D eigenvalue weighted by Gasteiger charge is -2.31. The van der Waals surface area contributed by atoms with E-state index in [1.165, 1.54) is 11.8 Å². The van der Waals surface area contributed by atoms with E-state index in [-0.39, 0.29) is 23.1 Å². The number of carbonyl (C=O) groups excluding carboxylic acids is 2. The van der Waals surface area contributed by atoms with E-state index < -0.39 is 6.04 Å². The molecule has 5 nitrogen and oxygen atoms in total. The lowest BCUT2D eigenvalue weighted by molar-refractivity contribution is -0.139. The molecule has 7 heteroatoms. The minimum absolute atomic E-state index is 0.109. The Labute approximate surface area is 188 Å². The number of nitrogens with one attached hydrogen (secondary N) is 1. The zero-order valence-electron chi connectivity index (χ0n) is 18.1. The highest BCUT2D eigenvalue weighted by Gasteiger charge is 2.28. The molecule has 1 N–H and O–H groups in total. The van der Waals surface area contributed by atoms with Gasteiger partial charge in [0.15, 0.2) is 0 Å². The zero-order chi connectivity index (χ0) is 22.3. The van der Waals surface area contributed by atoms with E-state index in [9.17, 15) is 9.59 Å². The Kier molecular flexibility index (Phi) is 8.62. The predicted molar refractivity (Wildman–Crippen MR) is 123 cm³/mol. The van der Waals surface area contributed by atoms with Gasteiger partial charge in [-0.25, -0.2) is 0 Å². The molecule has 0 fully saturated rings. The molecule has 1 atom stereocenters. The van der Waals surface area contributed by atoms with Gasteiger partial charge in [0, 0.05) is 22.0 Å². The summed E-state index contributed by atoms with van der Waals surface area (Å²) in [6, 6.07) is 14.2. The van der Waals surface area contributed by atoms with Crippen molar-refractivity contribution in [3.63, 3.8) is 0 Å². The number of hydrogen-bond donors (Lipinski definition) is 1. The van der Waals surface area contributed by atoms with Crippen LogP contribution in [0.15, 0.2) is 53.4 Å². The number of hydrogen-bond acceptors (Lipinski definition) is 4. The van der Waals surface area contributed by atoms with Crippen LogP contribution in [0.1, 0.15) is 33.3 Å². The number of methoxy groups -OCH3 is 1. The first-order valence-electron chi connectivity index (χ1n) is 9.72. The molecule has 0 aliphatic rings. The SMILES string of the molecule is COc1ccc(CN(C(=O)CSc2ccc(Cl)cc2)[C@H](C)C(=O)NC(C)(C)C)cc1. The van der Waals surface area contributed by atoms with Crippen LogP contribution in [0.3, 0.4) is 0 Å². The van der Waals surface area contributed by atoms with Gasteiger partial charge in [0.1, 0.15) is 11.8 Å². The summed E-state index contributed by atoms with van der Waals surface area (Å²) in [6.45, 7) is 7.86. The number of carbonyl (C=O) groups is 2. The number of thioether (sulfide) groups is 1. The monoisotopic (exact) mass is 448 g/mol. The predicted octanol–water partition coefficient (Wildman–Crippen LogP) is 4.77. The number of ether oxygens (including phenoxy) is 1. The van der Waals surface area contributed by atoms with Crippen LogP contribution in [0.25, 0.3) is 0 Å². The molecule has 0 aliphatic carbocycles. The first-order valence-corrected chi connectivity index (χ1v) is 11.1. The third-order valence-electron chi connectivity index (χ3n) is 4.35. The van der Waals surface area contributed by atoms with Gasteiger partial charge in [-0.05, 0) is 69.7 Å². The van der Waals surface area contributed by atoms with Crippen molar-refractivity contribution in [1.82, 2.24) is 10.2 Å². The van der Waals surface area contributed by atoms with Crippen LogP contribution < -0.4 is 10.1 Å². The molecule has 0 unspecified atom stereocenters. The number of amides is 2. The molecule has 0 saturated heterocycles. The van der Waals surface area contributed by atoms with Crippen LogP contribution >= 0.6 is 23.4 Å². The van der Waals surface area contributed by atoms with Gasteiger partial charge in [-0.2, -0.15) is 0 Å². The van der Waals surface area contributed by atoms with Crippen LogP contribution in [0.2, 0.25) is 5.02 Å². The molecule has 2 aromatic carbocycles. The Balaban J connectivity index is 2.16. The second-order valence-electron chi connectivity index (χ2n) is 8.03. The third-order valence-corrected chi connectivity index (χ3v) is 5.60. The summed E-state index contributed by atoms with van der Waals surface area (Å²) in [5.41, 5.74) is 0.550. The van der Waals surface area contributed by atoms with Gasteiger partial charge in [0.2, 0.25) is 11.8 Å². The number of nitrogens with zero attached hydrogens (tertiary/aromatic N) is 1. The van der Waals surface area contributed by atoms with E-state index in [0.29, 0.717) is 11.6 Å². The van der Waals surface area contributed by atoms with Crippen molar-refractivity contribution < 1.29 is 14.3 Å². The molecular formula is C23H29ClN2O3S. The molecule has 0 saturated carbocycles. The maximum absolute atomic E-state index is 13.1. The molecule has 0 heterocycles. The maximum atomic E-state index is 13.1. The Bertz CT molecular complexity index is 848. The topological polar surface area (TPSA) is 58.6 Å². The average Bonchev–Trinajstić information content (AvgIpc) is 2.70. The van der Waals surface area contributed by atoms with Crippen molar-refractivity contribution >= 4 is 35.2 Å². The van der Waals surface area contributed by atoms with E-state index in [2.05, 4.69) is 5.32 Å². The molecule has 0 aromatic heterocycles. The molecule has 162 valence electrons. The quantitative estimate of drug-likeness (QED) is 0.591. The fourth-order valence-electron chi connectivity index (χ4n) is 2.74. The lowest BCUT2D eigenvalue weighted by Crippen LogP contribution is -2.52. The fraction of sp³-hybridized carbons (Fsp3) is 0.391. The van der Waals surface area contributed by atoms with E-state index in [1.54, 1.807) is 31.1 Å². The van der Waals surface area contributed by atoms with Crippen molar-refractivity contribution in [3.8, 4) is 5.75 Å². The van der Waals surface area contributed by atoms with Crippen LogP contribution in [-0.4, -0.2) is 41.2 Å².